The summed E-state index contributed by atoms with van der Waals surface area (Å²) in [5.74, 6) is 2.62. The second-order valence-electron chi connectivity index (χ2n) is 6.13. The van der Waals surface area contributed by atoms with Gasteiger partial charge in [-0.15, -0.1) is 11.3 Å². The van der Waals surface area contributed by atoms with E-state index in [1.165, 1.54) is 11.3 Å². The van der Waals surface area contributed by atoms with E-state index in [2.05, 4.69) is 30.8 Å². The smallest absolute Gasteiger partial charge is 0.264 e. The van der Waals surface area contributed by atoms with E-state index >= 15 is 0 Å². The van der Waals surface area contributed by atoms with Crippen molar-refractivity contribution < 1.29 is 4.79 Å². The molecule has 4 rings (SSSR count). The maximum atomic E-state index is 12.6. The zero-order chi connectivity index (χ0) is 18.1. The Kier molecular flexibility index (Phi) is 4.78. The first kappa shape index (κ1) is 17.2. The summed E-state index contributed by atoms with van der Waals surface area (Å²) in [6.07, 6.45) is 3.95. The van der Waals surface area contributed by atoms with Crippen molar-refractivity contribution in [2.75, 3.05) is 31.1 Å². The van der Waals surface area contributed by atoms with Crippen molar-refractivity contribution in [3.63, 3.8) is 0 Å². The zero-order valence-corrected chi connectivity index (χ0v) is 16.7. The third-order valence-corrected chi connectivity index (χ3v) is 6.03. The molecule has 0 aromatic carbocycles. The van der Waals surface area contributed by atoms with E-state index in [1.54, 1.807) is 0 Å². The van der Waals surface area contributed by atoms with Crippen LogP contribution in [0.3, 0.4) is 0 Å². The maximum absolute atomic E-state index is 12.6. The minimum absolute atomic E-state index is 0.104. The van der Waals surface area contributed by atoms with Crippen LogP contribution in [0.25, 0.3) is 5.82 Å². The molecule has 1 aliphatic heterocycles. The van der Waals surface area contributed by atoms with Gasteiger partial charge in [-0.3, -0.25) is 4.79 Å². The van der Waals surface area contributed by atoms with Gasteiger partial charge in [-0.05, 0) is 41.1 Å². The van der Waals surface area contributed by atoms with Gasteiger partial charge in [-0.2, -0.15) is 0 Å². The summed E-state index contributed by atoms with van der Waals surface area (Å²) in [6.45, 7) is 4.82. The van der Waals surface area contributed by atoms with Crippen LogP contribution in [0.4, 0.5) is 5.82 Å². The first-order valence-electron chi connectivity index (χ1n) is 8.37. The number of hydrogen-bond acceptors (Lipinski definition) is 5. The van der Waals surface area contributed by atoms with E-state index in [9.17, 15) is 4.79 Å². The lowest BCUT2D eigenvalue weighted by atomic mass is 10.3. The van der Waals surface area contributed by atoms with E-state index in [4.69, 9.17) is 0 Å². The Hall–Kier alpha value is -2.19. The molecule has 0 saturated carbocycles. The number of hydrogen-bond donors (Lipinski definition) is 0. The quantitative estimate of drug-likeness (QED) is 0.637. The fraction of sp³-hybridized carbons (Fsp3) is 0.278. The van der Waals surface area contributed by atoms with Gasteiger partial charge in [0, 0.05) is 54.5 Å². The molecule has 3 aromatic rings. The van der Waals surface area contributed by atoms with Crippen molar-refractivity contribution in [2.45, 2.75) is 6.92 Å². The predicted molar refractivity (Wildman–Crippen MR) is 106 cm³/mol. The molecule has 8 heteroatoms. The van der Waals surface area contributed by atoms with Crippen molar-refractivity contribution in [3.8, 4) is 5.82 Å². The Labute approximate surface area is 164 Å². The Morgan fingerprint density at radius 3 is 2.42 bits per heavy atom. The van der Waals surface area contributed by atoms with E-state index in [1.807, 2.05) is 58.4 Å². The number of aromatic nitrogens is 3. The topological polar surface area (TPSA) is 54.3 Å². The molecule has 1 saturated heterocycles. The molecule has 6 nitrogen and oxygen atoms in total. The molecule has 134 valence electrons. The number of rotatable bonds is 3. The minimum Gasteiger partial charge on any atom is -0.353 e. The minimum atomic E-state index is 0.104. The molecule has 3 aromatic heterocycles. The summed E-state index contributed by atoms with van der Waals surface area (Å²) in [5, 5.41) is 1.94. The predicted octanol–water partition coefficient (Wildman–Crippen LogP) is 3.36. The average molecular weight is 432 g/mol. The van der Waals surface area contributed by atoms with Gasteiger partial charge in [0.25, 0.3) is 5.91 Å². The van der Waals surface area contributed by atoms with Gasteiger partial charge in [0.1, 0.15) is 17.5 Å². The van der Waals surface area contributed by atoms with Crippen LogP contribution in [0.5, 0.6) is 0 Å². The molecule has 0 bridgehead atoms. The van der Waals surface area contributed by atoms with Gasteiger partial charge in [0.05, 0.1) is 4.88 Å². The number of carbonyl (C=O) groups excluding carboxylic acids is 1. The Morgan fingerprint density at radius 1 is 1.08 bits per heavy atom. The van der Waals surface area contributed by atoms with Gasteiger partial charge in [0.2, 0.25) is 0 Å². The second-order valence-corrected chi connectivity index (χ2v) is 7.96. The van der Waals surface area contributed by atoms with Crippen LogP contribution in [-0.4, -0.2) is 51.5 Å². The first-order valence-corrected chi connectivity index (χ1v) is 10.0. The van der Waals surface area contributed by atoms with Gasteiger partial charge in [-0.25, -0.2) is 9.97 Å². The number of nitrogens with zero attached hydrogens (tertiary/aromatic N) is 5. The van der Waals surface area contributed by atoms with E-state index in [0.29, 0.717) is 13.1 Å². The van der Waals surface area contributed by atoms with Crippen LogP contribution in [0.2, 0.25) is 0 Å². The number of amides is 1. The summed E-state index contributed by atoms with van der Waals surface area (Å²) < 4.78 is 2.94. The summed E-state index contributed by atoms with van der Waals surface area (Å²) in [7, 11) is 0. The number of thiophene rings is 1. The fourth-order valence-electron chi connectivity index (χ4n) is 3.04. The van der Waals surface area contributed by atoms with Crippen LogP contribution >= 0.6 is 27.3 Å². The number of aryl methyl sites for hydroxylation is 1. The zero-order valence-electron chi connectivity index (χ0n) is 14.3. The van der Waals surface area contributed by atoms with Crippen LogP contribution in [-0.2, 0) is 0 Å². The van der Waals surface area contributed by atoms with Crippen molar-refractivity contribution in [1.82, 2.24) is 19.4 Å². The van der Waals surface area contributed by atoms with Gasteiger partial charge in [-0.1, -0.05) is 0 Å². The molecule has 26 heavy (non-hydrogen) atoms. The highest BCUT2D eigenvalue weighted by Gasteiger charge is 2.24. The summed E-state index contributed by atoms with van der Waals surface area (Å²) >= 11 is 4.89. The van der Waals surface area contributed by atoms with Crippen molar-refractivity contribution in [1.29, 1.82) is 0 Å². The number of carbonyl (C=O) groups is 1. The first-order chi connectivity index (χ1) is 12.6. The Balaban J connectivity index is 1.47. The summed E-state index contributed by atoms with van der Waals surface area (Å²) in [4.78, 5) is 26.6. The molecule has 4 heterocycles. The molecule has 1 aliphatic rings. The molecule has 0 radical (unpaired) electrons. The lowest BCUT2D eigenvalue weighted by molar-refractivity contribution is 0.0751. The third-order valence-electron chi connectivity index (χ3n) is 4.35. The van der Waals surface area contributed by atoms with Crippen molar-refractivity contribution >= 4 is 39.0 Å². The Morgan fingerprint density at radius 2 is 1.77 bits per heavy atom. The van der Waals surface area contributed by atoms with E-state index < -0.39 is 0 Å². The third kappa shape index (κ3) is 3.52. The van der Waals surface area contributed by atoms with Gasteiger partial charge >= 0.3 is 0 Å². The molecule has 0 aliphatic carbocycles. The largest absolute Gasteiger partial charge is 0.353 e. The number of piperazine rings is 1. The fourth-order valence-corrected chi connectivity index (χ4v) is 4.43. The molecule has 0 atom stereocenters. The lowest BCUT2D eigenvalue weighted by Gasteiger charge is -2.35. The normalized spacial score (nSPS) is 14.7. The van der Waals surface area contributed by atoms with Crippen LogP contribution in [0.15, 0.2) is 46.5 Å². The SMILES string of the molecule is Cc1nc(N2CCN(C(=O)c3cc(Br)cs3)CC2)cc(-n2cccc2)n1. The molecular formula is C18H18BrN5OS. The van der Waals surface area contributed by atoms with Crippen molar-refractivity contribution in [2.24, 2.45) is 0 Å². The summed E-state index contributed by atoms with van der Waals surface area (Å²) in [5.41, 5.74) is 0. The highest BCUT2D eigenvalue weighted by atomic mass is 79.9. The van der Waals surface area contributed by atoms with Crippen molar-refractivity contribution in [3.05, 3.63) is 57.2 Å². The molecular weight excluding hydrogens is 414 g/mol. The molecule has 1 amide bonds. The molecule has 1 fully saturated rings. The van der Waals surface area contributed by atoms with Crippen LogP contribution in [0.1, 0.15) is 15.5 Å². The summed E-state index contributed by atoms with van der Waals surface area (Å²) in [6, 6.07) is 7.84. The van der Waals surface area contributed by atoms with E-state index in [0.717, 1.165) is 39.9 Å². The van der Waals surface area contributed by atoms with E-state index in [-0.39, 0.29) is 5.91 Å². The van der Waals surface area contributed by atoms with Crippen LogP contribution in [0, 0.1) is 6.92 Å². The molecule has 0 spiro atoms. The maximum Gasteiger partial charge on any atom is 0.264 e. The molecule has 0 unspecified atom stereocenters. The highest BCUT2D eigenvalue weighted by molar-refractivity contribution is 9.10. The second kappa shape index (κ2) is 7.20. The average Bonchev–Trinajstić information content (AvgIpc) is 3.32. The molecule has 0 N–H and O–H groups in total. The number of anilines is 1. The van der Waals surface area contributed by atoms with Gasteiger partial charge < -0.3 is 14.4 Å². The Bertz CT molecular complexity index is 916. The highest BCUT2D eigenvalue weighted by Crippen LogP contribution is 2.23. The monoisotopic (exact) mass is 431 g/mol. The number of halogens is 1. The van der Waals surface area contributed by atoms with Gasteiger partial charge in [0.15, 0.2) is 0 Å². The lowest BCUT2D eigenvalue weighted by Crippen LogP contribution is -2.49. The van der Waals surface area contributed by atoms with Crippen LogP contribution < -0.4 is 4.90 Å². The standard InChI is InChI=1S/C18H18BrN5OS/c1-13-20-16(22-4-2-3-5-22)11-17(21-13)23-6-8-24(9-7-23)18(25)15-10-14(19)12-26-15/h2-5,10-12H,6-9H2,1H3.